The summed E-state index contributed by atoms with van der Waals surface area (Å²) in [5.41, 5.74) is 1.31. The third-order valence-electron chi connectivity index (χ3n) is 4.48. The highest BCUT2D eigenvalue weighted by atomic mass is 16.6. The molecule has 0 spiro atoms. The molecule has 4 rings (SSSR count). The lowest BCUT2D eigenvalue weighted by Crippen LogP contribution is -2.30. The van der Waals surface area contributed by atoms with Crippen LogP contribution in [0.4, 0.5) is 11.4 Å². The highest BCUT2D eigenvalue weighted by molar-refractivity contribution is 6.28. The molecule has 2 aromatic carbocycles. The van der Waals surface area contributed by atoms with Crippen molar-refractivity contribution in [2.75, 3.05) is 4.90 Å². The number of nitrogens with zero attached hydrogens (tertiary/aromatic N) is 4. The highest BCUT2D eigenvalue weighted by Gasteiger charge is 2.29. The van der Waals surface area contributed by atoms with Crippen LogP contribution in [-0.2, 0) is 4.79 Å². The second kappa shape index (κ2) is 6.79. The molecule has 9 heteroatoms. The van der Waals surface area contributed by atoms with Crippen molar-refractivity contribution in [2.45, 2.75) is 13.8 Å². The number of carbonyl (C=O) groups is 1. The van der Waals surface area contributed by atoms with E-state index in [-0.39, 0.29) is 22.9 Å². The van der Waals surface area contributed by atoms with E-state index < -0.39 is 4.92 Å². The Morgan fingerprint density at radius 1 is 1.14 bits per heavy atom. The Kier molecular flexibility index (Phi) is 4.27. The van der Waals surface area contributed by atoms with E-state index in [4.69, 9.17) is 0 Å². The molecule has 2 heterocycles. The van der Waals surface area contributed by atoms with Crippen molar-refractivity contribution < 1.29 is 9.72 Å². The third-order valence-corrected chi connectivity index (χ3v) is 4.48. The molecule has 0 saturated carbocycles. The second-order valence-corrected chi connectivity index (χ2v) is 6.53. The van der Waals surface area contributed by atoms with Crippen LogP contribution in [-0.4, -0.2) is 26.6 Å². The predicted octanol–water partition coefficient (Wildman–Crippen LogP) is 2.95. The van der Waals surface area contributed by atoms with Gasteiger partial charge in [0.05, 0.1) is 21.5 Å². The first-order valence-corrected chi connectivity index (χ1v) is 8.70. The molecule has 29 heavy (non-hydrogen) atoms. The van der Waals surface area contributed by atoms with Gasteiger partial charge in [-0.05, 0) is 43.7 Å². The minimum Gasteiger partial charge on any atom is -0.310 e. The number of hydrogen-bond acceptors (Lipinski definition) is 6. The molecule has 1 amide bonds. The second-order valence-electron chi connectivity index (χ2n) is 6.53. The highest BCUT2D eigenvalue weighted by Crippen LogP contribution is 2.27. The van der Waals surface area contributed by atoms with Crippen LogP contribution < -0.4 is 10.5 Å². The minimum absolute atomic E-state index is 0.0705. The summed E-state index contributed by atoms with van der Waals surface area (Å²) in [5, 5.41) is 11.3. The van der Waals surface area contributed by atoms with Gasteiger partial charge in [0.1, 0.15) is 17.4 Å². The van der Waals surface area contributed by atoms with Crippen LogP contribution in [0.1, 0.15) is 18.3 Å². The number of aromatic nitrogens is 2. The Morgan fingerprint density at radius 3 is 2.69 bits per heavy atom. The number of carbonyl (C=O) groups excluding carboxylic acids is 1. The number of benzene rings is 2. The van der Waals surface area contributed by atoms with Crippen LogP contribution in [0.25, 0.3) is 17.0 Å². The van der Waals surface area contributed by atoms with Crippen LogP contribution in [0.15, 0.2) is 57.9 Å². The normalized spacial score (nSPS) is 15.2. The molecule has 0 fully saturated rings. The quantitative estimate of drug-likeness (QED) is 0.419. The first-order valence-electron chi connectivity index (χ1n) is 8.70. The van der Waals surface area contributed by atoms with Gasteiger partial charge in [0.2, 0.25) is 0 Å². The lowest BCUT2D eigenvalue weighted by Gasteiger charge is -2.16. The van der Waals surface area contributed by atoms with Gasteiger partial charge in [-0.2, -0.15) is 0 Å². The lowest BCUT2D eigenvalue weighted by molar-refractivity contribution is -0.384. The van der Waals surface area contributed by atoms with Crippen LogP contribution in [0, 0.1) is 17.0 Å². The molecular formula is C20H15N5O4. The molecule has 1 aliphatic rings. The molecule has 0 unspecified atom stereocenters. The fourth-order valence-electron chi connectivity index (χ4n) is 3.20. The van der Waals surface area contributed by atoms with Gasteiger partial charge in [0.25, 0.3) is 17.2 Å². The number of rotatable bonds is 3. The number of fused-ring (bicyclic) bond motifs is 1. The summed E-state index contributed by atoms with van der Waals surface area (Å²) in [6.45, 7) is 3.37. The molecule has 0 saturated heterocycles. The number of H-pyrrole nitrogens is 1. The molecule has 0 atom stereocenters. The van der Waals surface area contributed by atoms with Crippen LogP contribution in [0.5, 0.6) is 0 Å². The van der Waals surface area contributed by atoms with E-state index in [1.807, 2.05) is 0 Å². The number of aromatic amines is 1. The van der Waals surface area contributed by atoms with Crippen molar-refractivity contribution in [1.29, 1.82) is 0 Å². The van der Waals surface area contributed by atoms with E-state index >= 15 is 0 Å². The lowest BCUT2D eigenvalue weighted by atomic mass is 10.1. The summed E-state index contributed by atoms with van der Waals surface area (Å²) in [6.07, 6.45) is 1.50. The average Bonchev–Trinajstić information content (AvgIpc) is 2.95. The van der Waals surface area contributed by atoms with Gasteiger partial charge in [-0.15, -0.1) is 0 Å². The number of aryl methyl sites for hydroxylation is 1. The van der Waals surface area contributed by atoms with Crippen LogP contribution in [0.3, 0.4) is 0 Å². The Bertz CT molecular complexity index is 1310. The number of nitrogens with one attached hydrogen (secondary N) is 1. The number of nitro benzene ring substituents is 1. The monoisotopic (exact) mass is 389 g/mol. The van der Waals surface area contributed by atoms with Gasteiger partial charge in [0.15, 0.2) is 0 Å². The zero-order valence-electron chi connectivity index (χ0n) is 15.5. The third kappa shape index (κ3) is 3.29. The molecule has 0 radical (unpaired) electrons. The Morgan fingerprint density at radius 2 is 1.93 bits per heavy atom. The molecule has 0 aliphatic carbocycles. The average molecular weight is 389 g/mol. The van der Waals surface area contributed by atoms with Crippen molar-refractivity contribution in [2.24, 2.45) is 4.99 Å². The maximum Gasteiger partial charge on any atom is 0.282 e. The smallest absolute Gasteiger partial charge is 0.282 e. The number of nitro groups is 1. The molecule has 1 aliphatic heterocycles. The van der Waals surface area contributed by atoms with E-state index in [0.717, 1.165) is 0 Å². The van der Waals surface area contributed by atoms with Crippen LogP contribution >= 0.6 is 0 Å². The van der Waals surface area contributed by atoms with Gasteiger partial charge < -0.3 is 4.98 Å². The van der Waals surface area contributed by atoms with Crippen molar-refractivity contribution in [3.63, 3.8) is 0 Å². The van der Waals surface area contributed by atoms with Crippen LogP contribution in [0.2, 0.25) is 0 Å². The van der Waals surface area contributed by atoms with Gasteiger partial charge in [-0.1, -0.05) is 12.1 Å². The fraction of sp³-hybridized carbons (Fsp3) is 0.100. The Hall–Kier alpha value is -4.14. The fourth-order valence-corrected chi connectivity index (χ4v) is 3.20. The largest absolute Gasteiger partial charge is 0.310 e. The van der Waals surface area contributed by atoms with Gasteiger partial charge in [0, 0.05) is 12.1 Å². The molecule has 1 aromatic heterocycles. The number of amides is 1. The predicted molar refractivity (Wildman–Crippen MR) is 109 cm³/mol. The molecule has 0 bridgehead atoms. The van der Waals surface area contributed by atoms with Crippen molar-refractivity contribution in [1.82, 2.24) is 9.97 Å². The van der Waals surface area contributed by atoms with E-state index in [1.54, 1.807) is 44.2 Å². The molecule has 144 valence electrons. The molecule has 3 aromatic rings. The SMILES string of the molecule is CC1=N/C(=C/c2cccc([N+](=O)[O-])c2)C(=O)N1c1ccc2nc(C)[nH]c(=O)c2c1. The van der Waals surface area contributed by atoms with Gasteiger partial charge >= 0.3 is 0 Å². The zero-order valence-corrected chi connectivity index (χ0v) is 15.5. The van der Waals surface area contributed by atoms with E-state index in [0.29, 0.717) is 33.8 Å². The maximum atomic E-state index is 12.9. The van der Waals surface area contributed by atoms with Crippen molar-refractivity contribution in [3.8, 4) is 0 Å². The summed E-state index contributed by atoms with van der Waals surface area (Å²) >= 11 is 0. The Labute approximate surface area is 164 Å². The minimum atomic E-state index is -0.498. The maximum absolute atomic E-state index is 12.9. The standard InChI is InChI=1S/C20H15N5O4/c1-11-21-17-7-6-14(10-16(17)19(26)22-11)24-12(2)23-18(20(24)27)9-13-4-3-5-15(8-13)25(28)29/h3-10H,1-2H3,(H,21,22,26)/b18-9+. The number of amidine groups is 1. The van der Waals surface area contributed by atoms with E-state index in [9.17, 15) is 19.7 Å². The number of aliphatic imine (C=N–C) groups is 1. The van der Waals surface area contributed by atoms with E-state index in [2.05, 4.69) is 15.0 Å². The van der Waals surface area contributed by atoms with Crippen molar-refractivity contribution in [3.05, 3.63) is 80.0 Å². The van der Waals surface area contributed by atoms with Crippen molar-refractivity contribution >= 4 is 40.1 Å². The first kappa shape index (κ1) is 18.2. The topological polar surface area (TPSA) is 122 Å². The number of non-ortho nitro benzene ring substituents is 1. The summed E-state index contributed by atoms with van der Waals surface area (Å²) in [5.74, 6) is 0.555. The summed E-state index contributed by atoms with van der Waals surface area (Å²) in [6, 6.07) is 10.9. The van der Waals surface area contributed by atoms with E-state index in [1.165, 1.54) is 23.1 Å². The first-order chi connectivity index (χ1) is 13.8. The summed E-state index contributed by atoms with van der Waals surface area (Å²) < 4.78 is 0. The van der Waals surface area contributed by atoms with Gasteiger partial charge in [-0.3, -0.25) is 24.6 Å². The summed E-state index contributed by atoms with van der Waals surface area (Å²) in [4.78, 5) is 48.2. The summed E-state index contributed by atoms with van der Waals surface area (Å²) in [7, 11) is 0. The number of anilines is 1. The van der Waals surface area contributed by atoms with Gasteiger partial charge in [-0.25, -0.2) is 9.98 Å². The molecule has 1 N–H and O–H groups in total. The zero-order chi connectivity index (χ0) is 20.7. The molecule has 9 nitrogen and oxygen atoms in total. The Balaban J connectivity index is 1.73. The number of hydrogen-bond donors (Lipinski definition) is 1. The molecular weight excluding hydrogens is 374 g/mol.